The van der Waals surface area contributed by atoms with E-state index in [9.17, 15) is 9.59 Å². The Kier molecular flexibility index (Phi) is 5.61. The Morgan fingerprint density at radius 2 is 2.14 bits per heavy atom. The van der Waals surface area contributed by atoms with Crippen LogP contribution in [0.15, 0.2) is 6.07 Å². The Balaban J connectivity index is 1.94. The fourth-order valence-corrected chi connectivity index (χ4v) is 3.95. The molecule has 0 unspecified atom stereocenters. The van der Waals surface area contributed by atoms with Crippen LogP contribution in [0.2, 0.25) is 4.34 Å². The summed E-state index contributed by atoms with van der Waals surface area (Å²) in [5, 5.41) is 11.6. The molecule has 2 amide bonds. The summed E-state index contributed by atoms with van der Waals surface area (Å²) in [6.45, 7) is 1.86. The molecular weight excluding hydrogens is 312 g/mol. The SMILES string of the molecule is C[C@H](NC(=O)CC1CCCC1)c1cc(C(=O)NO)c(Cl)s1. The average Bonchev–Trinajstić information content (AvgIpc) is 3.07. The van der Waals surface area contributed by atoms with Crippen LogP contribution >= 0.6 is 22.9 Å². The highest BCUT2D eigenvalue weighted by atomic mass is 35.5. The highest BCUT2D eigenvalue weighted by Crippen LogP contribution is 2.32. The summed E-state index contributed by atoms with van der Waals surface area (Å²) in [4.78, 5) is 24.2. The molecule has 1 aromatic heterocycles. The van der Waals surface area contributed by atoms with Crippen molar-refractivity contribution >= 4 is 34.8 Å². The van der Waals surface area contributed by atoms with Crippen LogP contribution in [0.3, 0.4) is 0 Å². The van der Waals surface area contributed by atoms with Gasteiger partial charge in [-0.25, -0.2) is 5.48 Å². The first-order chi connectivity index (χ1) is 10.0. The number of thiophene rings is 1. The molecular formula is C14H19ClN2O3S. The van der Waals surface area contributed by atoms with Gasteiger partial charge in [0, 0.05) is 11.3 Å². The van der Waals surface area contributed by atoms with E-state index < -0.39 is 5.91 Å². The third-order valence-electron chi connectivity index (χ3n) is 3.81. The minimum absolute atomic E-state index is 0.0343. The van der Waals surface area contributed by atoms with Crippen LogP contribution in [0, 0.1) is 5.92 Å². The Bertz CT molecular complexity index is 526. The van der Waals surface area contributed by atoms with Gasteiger partial charge in [0.25, 0.3) is 5.91 Å². The highest BCUT2D eigenvalue weighted by molar-refractivity contribution is 7.16. The lowest BCUT2D eigenvalue weighted by atomic mass is 10.0. The van der Waals surface area contributed by atoms with Gasteiger partial charge < -0.3 is 5.32 Å². The van der Waals surface area contributed by atoms with Crippen LogP contribution in [0.5, 0.6) is 0 Å². The van der Waals surface area contributed by atoms with Gasteiger partial charge in [0.1, 0.15) is 4.34 Å². The summed E-state index contributed by atoms with van der Waals surface area (Å²) in [7, 11) is 0. The minimum atomic E-state index is -0.646. The molecule has 1 heterocycles. The molecule has 0 bridgehead atoms. The molecule has 1 fully saturated rings. The number of hydrogen-bond acceptors (Lipinski definition) is 4. The van der Waals surface area contributed by atoms with Crippen LogP contribution in [0.25, 0.3) is 0 Å². The van der Waals surface area contributed by atoms with E-state index in [1.807, 2.05) is 6.92 Å². The van der Waals surface area contributed by atoms with E-state index in [2.05, 4.69) is 5.32 Å². The molecule has 1 aliphatic rings. The first kappa shape index (κ1) is 16.3. The number of amides is 2. The molecule has 0 aromatic carbocycles. The van der Waals surface area contributed by atoms with Crippen molar-refractivity contribution in [2.45, 2.75) is 45.1 Å². The topological polar surface area (TPSA) is 78.4 Å². The number of nitrogens with one attached hydrogen (secondary N) is 2. The molecule has 0 spiro atoms. The van der Waals surface area contributed by atoms with Crippen LogP contribution in [0.4, 0.5) is 0 Å². The van der Waals surface area contributed by atoms with Crippen molar-refractivity contribution in [2.75, 3.05) is 0 Å². The van der Waals surface area contributed by atoms with E-state index in [4.69, 9.17) is 16.8 Å². The van der Waals surface area contributed by atoms with Gasteiger partial charge in [0.2, 0.25) is 5.91 Å². The lowest BCUT2D eigenvalue weighted by Crippen LogP contribution is -2.27. The molecule has 0 radical (unpaired) electrons. The second-order valence-electron chi connectivity index (χ2n) is 5.42. The summed E-state index contributed by atoms with van der Waals surface area (Å²) in [5.41, 5.74) is 1.78. The summed E-state index contributed by atoms with van der Waals surface area (Å²) < 4.78 is 0.299. The number of rotatable bonds is 5. The summed E-state index contributed by atoms with van der Waals surface area (Å²) in [5.74, 6) is -0.112. The third kappa shape index (κ3) is 4.18. The van der Waals surface area contributed by atoms with E-state index in [0.717, 1.165) is 17.7 Å². The van der Waals surface area contributed by atoms with Crippen LogP contribution in [-0.2, 0) is 4.79 Å². The summed E-state index contributed by atoms with van der Waals surface area (Å²) >= 11 is 7.20. The molecule has 2 rings (SSSR count). The van der Waals surface area contributed by atoms with Crippen molar-refractivity contribution < 1.29 is 14.8 Å². The monoisotopic (exact) mass is 330 g/mol. The Hall–Kier alpha value is -1.11. The second kappa shape index (κ2) is 7.24. The normalized spacial score (nSPS) is 16.7. The largest absolute Gasteiger partial charge is 0.349 e. The fraction of sp³-hybridized carbons (Fsp3) is 0.571. The summed E-state index contributed by atoms with van der Waals surface area (Å²) in [6.07, 6.45) is 5.26. The number of hydroxylamine groups is 1. The molecule has 0 saturated heterocycles. The average molecular weight is 331 g/mol. The molecule has 1 saturated carbocycles. The van der Waals surface area contributed by atoms with E-state index in [-0.39, 0.29) is 17.5 Å². The molecule has 1 atom stereocenters. The van der Waals surface area contributed by atoms with Crippen LogP contribution in [-0.4, -0.2) is 17.0 Å². The molecule has 1 aliphatic carbocycles. The quantitative estimate of drug-likeness (QED) is 0.572. The second-order valence-corrected chi connectivity index (χ2v) is 7.11. The van der Waals surface area contributed by atoms with Gasteiger partial charge in [-0.15, -0.1) is 11.3 Å². The molecule has 0 aliphatic heterocycles. The van der Waals surface area contributed by atoms with Crippen molar-refractivity contribution in [1.29, 1.82) is 0 Å². The molecule has 21 heavy (non-hydrogen) atoms. The van der Waals surface area contributed by atoms with Crippen molar-refractivity contribution in [3.05, 3.63) is 20.8 Å². The standard InChI is InChI=1S/C14H19ClN2O3S/c1-8(16-12(18)6-9-4-2-3-5-9)11-7-10(13(15)21-11)14(19)17-20/h7-9,20H,2-6H2,1H3,(H,16,18)(H,17,19)/t8-/m0/s1. The minimum Gasteiger partial charge on any atom is -0.349 e. The molecule has 116 valence electrons. The van der Waals surface area contributed by atoms with Crippen molar-refractivity contribution in [1.82, 2.24) is 10.8 Å². The van der Waals surface area contributed by atoms with Crippen LogP contribution in [0.1, 0.15) is 60.3 Å². The van der Waals surface area contributed by atoms with Gasteiger partial charge in [-0.2, -0.15) is 0 Å². The molecule has 5 nitrogen and oxygen atoms in total. The predicted octanol–water partition coefficient (Wildman–Crippen LogP) is 3.28. The number of carbonyl (C=O) groups excluding carboxylic acids is 2. The first-order valence-corrected chi connectivity index (χ1v) is 8.23. The maximum absolute atomic E-state index is 12.0. The number of hydrogen-bond donors (Lipinski definition) is 3. The fourth-order valence-electron chi connectivity index (χ4n) is 2.66. The van der Waals surface area contributed by atoms with E-state index in [1.54, 1.807) is 11.5 Å². The maximum atomic E-state index is 12.0. The predicted molar refractivity (Wildman–Crippen MR) is 81.7 cm³/mol. The van der Waals surface area contributed by atoms with Gasteiger partial charge in [-0.1, -0.05) is 24.4 Å². The van der Waals surface area contributed by atoms with Gasteiger partial charge in [-0.05, 0) is 31.7 Å². The Labute approximate surface area is 132 Å². The van der Waals surface area contributed by atoms with Gasteiger partial charge >= 0.3 is 0 Å². The number of halogens is 1. The van der Waals surface area contributed by atoms with Crippen molar-refractivity contribution in [3.8, 4) is 0 Å². The zero-order valence-electron chi connectivity index (χ0n) is 11.8. The van der Waals surface area contributed by atoms with Crippen molar-refractivity contribution in [2.24, 2.45) is 5.92 Å². The lowest BCUT2D eigenvalue weighted by Gasteiger charge is -2.14. The lowest BCUT2D eigenvalue weighted by molar-refractivity contribution is -0.122. The zero-order valence-corrected chi connectivity index (χ0v) is 13.4. The molecule has 7 heteroatoms. The van der Waals surface area contributed by atoms with Gasteiger partial charge in [0.05, 0.1) is 11.6 Å². The zero-order chi connectivity index (χ0) is 15.4. The Morgan fingerprint density at radius 1 is 1.48 bits per heavy atom. The number of carbonyl (C=O) groups is 2. The van der Waals surface area contributed by atoms with Crippen LogP contribution < -0.4 is 10.8 Å². The molecule has 3 N–H and O–H groups in total. The smallest absolute Gasteiger partial charge is 0.277 e. The maximum Gasteiger partial charge on any atom is 0.277 e. The van der Waals surface area contributed by atoms with Gasteiger partial charge in [0.15, 0.2) is 0 Å². The highest BCUT2D eigenvalue weighted by Gasteiger charge is 2.21. The third-order valence-corrected chi connectivity index (χ3v) is 5.35. The van der Waals surface area contributed by atoms with E-state index in [0.29, 0.717) is 16.7 Å². The summed E-state index contributed by atoms with van der Waals surface area (Å²) in [6, 6.07) is 1.39. The first-order valence-electron chi connectivity index (χ1n) is 7.04. The molecule has 1 aromatic rings. The van der Waals surface area contributed by atoms with E-state index >= 15 is 0 Å². The van der Waals surface area contributed by atoms with Crippen molar-refractivity contribution in [3.63, 3.8) is 0 Å². The van der Waals surface area contributed by atoms with E-state index in [1.165, 1.54) is 24.2 Å². The van der Waals surface area contributed by atoms with Gasteiger partial charge in [-0.3, -0.25) is 14.8 Å². The Morgan fingerprint density at radius 3 is 2.76 bits per heavy atom.